The standard InChI is InChI=1S/C16H12N4O2S/c17-13-12-16(23-15(18-12)11-5-2-6-22-11)20-14(19-13)10-4-1-3-9(7-10)8-21/h1-7,21H,8H2,(H2,17,19,20). The van der Waals surface area contributed by atoms with Gasteiger partial charge in [0, 0.05) is 5.56 Å². The van der Waals surface area contributed by atoms with Crippen LogP contribution in [0.1, 0.15) is 5.56 Å². The first-order chi connectivity index (χ1) is 11.2. The largest absolute Gasteiger partial charge is 0.462 e. The van der Waals surface area contributed by atoms with E-state index in [4.69, 9.17) is 10.2 Å². The summed E-state index contributed by atoms with van der Waals surface area (Å²) in [5.41, 5.74) is 8.22. The van der Waals surface area contributed by atoms with E-state index in [1.165, 1.54) is 11.3 Å². The first-order valence-electron chi connectivity index (χ1n) is 6.92. The molecule has 0 spiro atoms. The van der Waals surface area contributed by atoms with Gasteiger partial charge in [-0.1, -0.05) is 29.5 Å². The van der Waals surface area contributed by atoms with Crippen molar-refractivity contribution in [2.24, 2.45) is 0 Å². The summed E-state index contributed by atoms with van der Waals surface area (Å²) in [7, 11) is 0. The molecule has 23 heavy (non-hydrogen) atoms. The van der Waals surface area contributed by atoms with Crippen LogP contribution < -0.4 is 5.73 Å². The Labute approximate surface area is 135 Å². The zero-order chi connectivity index (χ0) is 15.8. The molecule has 4 aromatic rings. The van der Waals surface area contributed by atoms with E-state index in [9.17, 15) is 5.11 Å². The third kappa shape index (κ3) is 2.45. The summed E-state index contributed by atoms with van der Waals surface area (Å²) in [4.78, 5) is 14.1. The second-order valence-electron chi connectivity index (χ2n) is 4.94. The molecule has 1 aromatic carbocycles. The van der Waals surface area contributed by atoms with E-state index >= 15 is 0 Å². The fraction of sp³-hybridized carbons (Fsp3) is 0.0625. The average molecular weight is 324 g/mol. The number of furan rings is 1. The molecule has 0 fully saturated rings. The van der Waals surface area contributed by atoms with Gasteiger partial charge in [-0.3, -0.25) is 0 Å². The molecule has 0 saturated heterocycles. The van der Waals surface area contributed by atoms with Crippen LogP contribution in [0.3, 0.4) is 0 Å². The minimum absolute atomic E-state index is 0.0330. The van der Waals surface area contributed by atoms with Gasteiger partial charge in [-0.15, -0.1) is 0 Å². The normalized spacial score (nSPS) is 11.2. The van der Waals surface area contributed by atoms with Crippen molar-refractivity contribution in [1.82, 2.24) is 15.0 Å². The summed E-state index contributed by atoms with van der Waals surface area (Å²) in [5, 5.41) is 9.98. The molecule has 0 aliphatic rings. The first kappa shape index (κ1) is 13.9. The van der Waals surface area contributed by atoms with E-state index in [-0.39, 0.29) is 6.61 Å². The molecular weight excluding hydrogens is 312 g/mol. The molecular formula is C16H12N4O2S. The summed E-state index contributed by atoms with van der Waals surface area (Å²) >= 11 is 1.40. The maximum Gasteiger partial charge on any atom is 0.163 e. The lowest BCUT2D eigenvalue weighted by Crippen LogP contribution is -1.97. The number of aliphatic hydroxyl groups is 1. The van der Waals surface area contributed by atoms with Gasteiger partial charge >= 0.3 is 0 Å². The molecule has 3 N–H and O–H groups in total. The molecule has 3 aromatic heterocycles. The zero-order valence-corrected chi connectivity index (χ0v) is 12.7. The highest BCUT2D eigenvalue weighted by Gasteiger charge is 2.15. The van der Waals surface area contributed by atoms with Gasteiger partial charge in [0.15, 0.2) is 22.4 Å². The molecule has 0 saturated carbocycles. The van der Waals surface area contributed by atoms with Crippen molar-refractivity contribution in [2.75, 3.05) is 5.73 Å². The maximum absolute atomic E-state index is 9.26. The van der Waals surface area contributed by atoms with Gasteiger partial charge in [-0.05, 0) is 23.8 Å². The Morgan fingerprint density at radius 3 is 2.83 bits per heavy atom. The van der Waals surface area contributed by atoms with Crippen molar-refractivity contribution < 1.29 is 9.52 Å². The molecule has 6 nitrogen and oxygen atoms in total. The second kappa shape index (κ2) is 5.45. The molecule has 0 aliphatic heterocycles. The van der Waals surface area contributed by atoms with E-state index < -0.39 is 0 Å². The molecule has 114 valence electrons. The third-order valence-electron chi connectivity index (χ3n) is 3.39. The lowest BCUT2D eigenvalue weighted by Gasteiger charge is -2.03. The Bertz CT molecular complexity index is 979. The number of rotatable bonds is 3. The van der Waals surface area contributed by atoms with Crippen molar-refractivity contribution in [3.63, 3.8) is 0 Å². The van der Waals surface area contributed by atoms with Crippen LogP contribution in [0.25, 0.3) is 32.5 Å². The number of hydrogen-bond donors (Lipinski definition) is 2. The fourth-order valence-corrected chi connectivity index (χ4v) is 3.20. The lowest BCUT2D eigenvalue weighted by atomic mass is 10.1. The molecule has 4 rings (SSSR count). The summed E-state index contributed by atoms with van der Waals surface area (Å²) in [6.45, 7) is -0.0330. The molecule has 3 heterocycles. The summed E-state index contributed by atoms with van der Waals surface area (Å²) in [6, 6.07) is 11.1. The number of nitrogens with two attached hydrogens (primary N) is 1. The predicted molar refractivity (Wildman–Crippen MR) is 88.7 cm³/mol. The van der Waals surface area contributed by atoms with Crippen LogP contribution in [-0.2, 0) is 6.61 Å². The highest BCUT2D eigenvalue weighted by atomic mass is 32.1. The number of anilines is 1. The van der Waals surface area contributed by atoms with Gasteiger partial charge in [-0.2, -0.15) is 0 Å². The molecule has 0 aliphatic carbocycles. The highest BCUT2D eigenvalue weighted by Crippen LogP contribution is 2.32. The molecule has 0 unspecified atom stereocenters. The Kier molecular flexibility index (Phi) is 3.29. The third-order valence-corrected chi connectivity index (χ3v) is 4.35. The minimum Gasteiger partial charge on any atom is -0.462 e. The molecule has 0 amide bonds. The summed E-state index contributed by atoms with van der Waals surface area (Å²) in [5.74, 6) is 1.52. The van der Waals surface area contributed by atoms with Crippen molar-refractivity contribution in [3.8, 4) is 22.2 Å². The van der Waals surface area contributed by atoms with Crippen LogP contribution in [0.2, 0.25) is 0 Å². The molecule has 0 atom stereocenters. The zero-order valence-electron chi connectivity index (χ0n) is 11.9. The Morgan fingerprint density at radius 1 is 1.13 bits per heavy atom. The minimum atomic E-state index is -0.0330. The topological polar surface area (TPSA) is 98.1 Å². The maximum atomic E-state index is 9.26. The summed E-state index contributed by atoms with van der Waals surface area (Å²) in [6.07, 6.45) is 1.60. The lowest BCUT2D eigenvalue weighted by molar-refractivity contribution is 0.282. The van der Waals surface area contributed by atoms with E-state index in [1.54, 1.807) is 6.26 Å². The van der Waals surface area contributed by atoms with Crippen LogP contribution in [-0.4, -0.2) is 20.1 Å². The monoisotopic (exact) mass is 324 g/mol. The van der Waals surface area contributed by atoms with Crippen LogP contribution in [0.15, 0.2) is 47.1 Å². The van der Waals surface area contributed by atoms with Gasteiger partial charge in [-0.25, -0.2) is 15.0 Å². The van der Waals surface area contributed by atoms with Gasteiger partial charge in [0.1, 0.15) is 10.3 Å². The second-order valence-corrected chi connectivity index (χ2v) is 5.92. The van der Waals surface area contributed by atoms with Crippen LogP contribution in [0.4, 0.5) is 5.82 Å². The Balaban J connectivity index is 1.86. The van der Waals surface area contributed by atoms with Crippen molar-refractivity contribution in [3.05, 3.63) is 48.2 Å². The van der Waals surface area contributed by atoms with E-state index in [0.29, 0.717) is 32.8 Å². The Morgan fingerprint density at radius 2 is 2.04 bits per heavy atom. The number of benzene rings is 1. The summed E-state index contributed by atoms with van der Waals surface area (Å²) < 4.78 is 5.37. The van der Waals surface area contributed by atoms with Crippen LogP contribution in [0, 0.1) is 0 Å². The van der Waals surface area contributed by atoms with Gasteiger partial charge in [0.2, 0.25) is 0 Å². The van der Waals surface area contributed by atoms with Gasteiger partial charge in [0.25, 0.3) is 0 Å². The van der Waals surface area contributed by atoms with Crippen LogP contribution >= 0.6 is 11.3 Å². The smallest absolute Gasteiger partial charge is 0.163 e. The quantitative estimate of drug-likeness (QED) is 0.601. The van der Waals surface area contributed by atoms with Crippen molar-refractivity contribution in [2.45, 2.75) is 6.61 Å². The van der Waals surface area contributed by atoms with E-state index in [2.05, 4.69) is 15.0 Å². The SMILES string of the molecule is Nc1nc(-c2cccc(CO)c2)nc2sc(-c3ccco3)nc12. The molecule has 0 radical (unpaired) electrons. The first-order valence-corrected chi connectivity index (χ1v) is 7.74. The number of nitrogens with zero attached hydrogens (tertiary/aromatic N) is 3. The number of hydrogen-bond acceptors (Lipinski definition) is 7. The number of nitrogen functional groups attached to an aromatic ring is 1. The number of thiazole rings is 1. The van der Waals surface area contributed by atoms with Gasteiger partial charge in [0.05, 0.1) is 12.9 Å². The predicted octanol–water partition coefficient (Wildman–Crippen LogP) is 3.09. The van der Waals surface area contributed by atoms with Crippen molar-refractivity contribution >= 4 is 27.5 Å². The number of aromatic nitrogens is 3. The van der Waals surface area contributed by atoms with Crippen LogP contribution in [0.5, 0.6) is 0 Å². The molecule has 7 heteroatoms. The fourth-order valence-electron chi connectivity index (χ4n) is 2.29. The average Bonchev–Trinajstić information content (AvgIpc) is 3.24. The van der Waals surface area contributed by atoms with Crippen molar-refractivity contribution in [1.29, 1.82) is 0 Å². The Hall–Kier alpha value is -2.77. The van der Waals surface area contributed by atoms with Gasteiger partial charge < -0.3 is 15.3 Å². The van der Waals surface area contributed by atoms with E-state index in [0.717, 1.165) is 11.1 Å². The number of aliphatic hydroxyl groups excluding tert-OH is 1. The highest BCUT2D eigenvalue weighted by molar-refractivity contribution is 7.21. The number of fused-ring (bicyclic) bond motifs is 1. The van der Waals surface area contributed by atoms with E-state index in [1.807, 2.05) is 36.4 Å². The molecule has 0 bridgehead atoms.